The van der Waals surface area contributed by atoms with Crippen molar-refractivity contribution >= 4 is 17.8 Å². The van der Waals surface area contributed by atoms with Crippen molar-refractivity contribution < 1.29 is 32.7 Å². The minimum atomic E-state index is -4.47. The van der Waals surface area contributed by atoms with Crippen molar-refractivity contribution in [3.63, 3.8) is 0 Å². The highest BCUT2D eigenvalue weighted by atomic mass is 19.4. The lowest BCUT2D eigenvalue weighted by atomic mass is 10.0. The number of nitrogens with zero attached hydrogens (tertiary/aromatic N) is 2. The van der Waals surface area contributed by atoms with Crippen LogP contribution in [0.5, 0.6) is 0 Å². The Labute approximate surface area is 231 Å². The van der Waals surface area contributed by atoms with E-state index >= 15 is 0 Å². The van der Waals surface area contributed by atoms with E-state index in [1.54, 1.807) is 0 Å². The summed E-state index contributed by atoms with van der Waals surface area (Å²) in [4.78, 5) is 42.2. The zero-order valence-corrected chi connectivity index (χ0v) is 22.1. The molecule has 4 N–H and O–H groups in total. The average molecular weight is 561 g/mol. The number of fused-ring (bicyclic) bond motifs is 1. The summed E-state index contributed by atoms with van der Waals surface area (Å²) < 4.78 is 38.6. The van der Waals surface area contributed by atoms with Crippen LogP contribution in [0.2, 0.25) is 0 Å². The number of halogens is 3. The summed E-state index contributed by atoms with van der Waals surface area (Å²) in [5.74, 6) is -1.87. The van der Waals surface area contributed by atoms with E-state index in [0.717, 1.165) is 25.0 Å². The Morgan fingerprint density at radius 1 is 1.07 bits per heavy atom. The largest absolute Gasteiger partial charge is 0.481 e. The second-order valence-electron chi connectivity index (χ2n) is 10.6. The van der Waals surface area contributed by atoms with Crippen molar-refractivity contribution in [2.75, 3.05) is 13.1 Å². The molecule has 2 unspecified atom stereocenters. The van der Waals surface area contributed by atoms with Crippen LogP contribution in [0, 0.1) is 0 Å². The van der Waals surface area contributed by atoms with Crippen molar-refractivity contribution in [3.05, 3.63) is 71.3 Å². The quantitative estimate of drug-likeness (QED) is 0.411. The molecule has 11 heteroatoms. The van der Waals surface area contributed by atoms with Gasteiger partial charge < -0.3 is 21.1 Å². The number of hydrogen-bond donors (Lipinski definition) is 3. The molecule has 2 saturated heterocycles. The first-order valence-electron chi connectivity index (χ1n) is 13.5. The van der Waals surface area contributed by atoms with Crippen molar-refractivity contribution in [2.24, 2.45) is 5.73 Å². The molecule has 40 heavy (non-hydrogen) atoms. The van der Waals surface area contributed by atoms with E-state index in [1.807, 2.05) is 18.2 Å². The van der Waals surface area contributed by atoms with Gasteiger partial charge in [-0.25, -0.2) is 0 Å². The van der Waals surface area contributed by atoms with Gasteiger partial charge in [0.25, 0.3) is 0 Å². The Balaban J connectivity index is 1.49. The summed E-state index contributed by atoms with van der Waals surface area (Å²) >= 11 is 0. The number of aliphatic carboxylic acids is 1. The van der Waals surface area contributed by atoms with E-state index in [4.69, 9.17) is 5.73 Å². The summed E-state index contributed by atoms with van der Waals surface area (Å²) in [5, 5.41) is 12.0. The van der Waals surface area contributed by atoms with E-state index in [-0.39, 0.29) is 37.4 Å². The molecule has 2 aromatic carbocycles. The molecule has 0 saturated carbocycles. The molecule has 0 aliphatic carbocycles. The van der Waals surface area contributed by atoms with Crippen LogP contribution in [0.15, 0.2) is 54.6 Å². The summed E-state index contributed by atoms with van der Waals surface area (Å²) in [7, 11) is 0. The number of carbonyl (C=O) groups is 3. The highest BCUT2D eigenvalue weighted by Crippen LogP contribution is 2.31. The SMILES string of the molecule is N[C@@H]1C[C@H]2C(=O)N(C(CCC(=O)O)C(=O)NCc3ccc(C(F)(F)F)cc3)CCC(CCc3ccccc3)N2C1. The molecular weight excluding hydrogens is 525 g/mol. The molecule has 0 bridgehead atoms. The molecule has 2 fully saturated rings. The smallest absolute Gasteiger partial charge is 0.416 e. The minimum absolute atomic E-state index is 0.0529. The molecule has 8 nitrogen and oxygen atoms in total. The van der Waals surface area contributed by atoms with Crippen molar-refractivity contribution in [3.8, 4) is 0 Å². The van der Waals surface area contributed by atoms with Gasteiger partial charge in [0.05, 0.1) is 11.6 Å². The number of nitrogens with two attached hydrogens (primary N) is 1. The van der Waals surface area contributed by atoms with Crippen LogP contribution >= 0.6 is 0 Å². The van der Waals surface area contributed by atoms with Gasteiger partial charge in [-0.3, -0.25) is 19.3 Å². The van der Waals surface area contributed by atoms with E-state index in [2.05, 4.69) is 22.3 Å². The first-order valence-corrected chi connectivity index (χ1v) is 13.5. The van der Waals surface area contributed by atoms with Gasteiger partial charge in [-0.15, -0.1) is 0 Å². The third-order valence-corrected chi connectivity index (χ3v) is 7.78. The molecule has 2 heterocycles. The van der Waals surface area contributed by atoms with Crippen LogP contribution in [0.1, 0.15) is 48.8 Å². The van der Waals surface area contributed by atoms with Crippen LogP contribution in [-0.4, -0.2) is 69.9 Å². The fourth-order valence-electron chi connectivity index (χ4n) is 5.70. The van der Waals surface area contributed by atoms with E-state index in [9.17, 15) is 32.7 Å². The molecule has 0 spiro atoms. The van der Waals surface area contributed by atoms with Crippen molar-refractivity contribution in [1.29, 1.82) is 0 Å². The summed E-state index contributed by atoms with van der Waals surface area (Å²) in [6.45, 7) is 0.810. The van der Waals surface area contributed by atoms with Crippen LogP contribution in [0.25, 0.3) is 0 Å². The molecule has 2 aliphatic rings. The second kappa shape index (κ2) is 12.8. The van der Waals surface area contributed by atoms with Gasteiger partial charge in [-0.1, -0.05) is 42.5 Å². The van der Waals surface area contributed by atoms with Gasteiger partial charge in [-0.05, 0) is 55.4 Å². The summed E-state index contributed by atoms with van der Waals surface area (Å²) in [6.07, 6.45) is -2.15. The summed E-state index contributed by atoms with van der Waals surface area (Å²) in [5.41, 5.74) is 7.12. The van der Waals surface area contributed by atoms with E-state index in [1.165, 1.54) is 22.6 Å². The number of benzene rings is 2. The number of carboxylic acid groups (broad SMARTS) is 1. The maximum Gasteiger partial charge on any atom is 0.416 e. The number of nitrogens with one attached hydrogen (secondary N) is 1. The number of carboxylic acids is 1. The Morgan fingerprint density at radius 2 is 1.77 bits per heavy atom. The summed E-state index contributed by atoms with van der Waals surface area (Å²) in [6, 6.07) is 12.9. The maximum absolute atomic E-state index is 13.8. The average Bonchev–Trinajstić information content (AvgIpc) is 3.26. The van der Waals surface area contributed by atoms with E-state index < -0.39 is 35.7 Å². The fourth-order valence-corrected chi connectivity index (χ4v) is 5.70. The van der Waals surface area contributed by atoms with Crippen LogP contribution in [-0.2, 0) is 33.5 Å². The molecule has 0 aromatic heterocycles. The number of amides is 2. The number of rotatable bonds is 10. The van der Waals surface area contributed by atoms with Gasteiger partial charge in [0, 0.05) is 38.1 Å². The molecule has 4 rings (SSSR count). The third kappa shape index (κ3) is 7.39. The lowest BCUT2D eigenvalue weighted by molar-refractivity contribution is -0.144. The highest BCUT2D eigenvalue weighted by molar-refractivity contribution is 5.90. The zero-order valence-electron chi connectivity index (χ0n) is 22.1. The van der Waals surface area contributed by atoms with Gasteiger partial charge >= 0.3 is 12.1 Å². The van der Waals surface area contributed by atoms with E-state index in [0.29, 0.717) is 31.5 Å². The molecule has 2 aliphatic heterocycles. The van der Waals surface area contributed by atoms with Crippen molar-refractivity contribution in [2.45, 2.75) is 75.4 Å². The van der Waals surface area contributed by atoms with Gasteiger partial charge in [0.1, 0.15) is 6.04 Å². The van der Waals surface area contributed by atoms with Crippen LogP contribution in [0.4, 0.5) is 13.2 Å². The number of hydrogen-bond acceptors (Lipinski definition) is 5. The zero-order chi connectivity index (χ0) is 28.9. The molecule has 4 atom stereocenters. The van der Waals surface area contributed by atoms with Crippen molar-refractivity contribution in [1.82, 2.24) is 15.1 Å². The topological polar surface area (TPSA) is 116 Å². The molecule has 2 amide bonds. The van der Waals surface area contributed by atoms with Gasteiger partial charge in [-0.2, -0.15) is 13.2 Å². The molecule has 2 aromatic rings. The van der Waals surface area contributed by atoms with Gasteiger partial charge in [0.2, 0.25) is 11.8 Å². The lowest BCUT2D eigenvalue weighted by Crippen LogP contribution is -2.53. The van der Waals surface area contributed by atoms with Crippen LogP contribution in [0.3, 0.4) is 0 Å². The first-order chi connectivity index (χ1) is 19.0. The standard InChI is InChI=1S/C29H35F3N4O4/c30-29(31,32)21-9-6-20(7-10-21)17-34-27(39)24(12-13-26(37)38)35-15-14-23(11-8-19-4-2-1-3-5-19)36-18-22(33)16-25(36)28(35)40/h1-7,9-10,22-25H,8,11-18,33H2,(H,34,39)(H,37,38)/t22-,23?,24?,25+/m1/s1. The third-order valence-electron chi connectivity index (χ3n) is 7.78. The number of carbonyl (C=O) groups excluding carboxylic acids is 2. The Morgan fingerprint density at radius 3 is 2.42 bits per heavy atom. The number of aryl methyl sites for hydroxylation is 1. The normalized spacial score (nSPS) is 22.4. The lowest BCUT2D eigenvalue weighted by Gasteiger charge is -2.32. The Bertz CT molecular complexity index is 1180. The predicted molar refractivity (Wildman–Crippen MR) is 142 cm³/mol. The monoisotopic (exact) mass is 560 g/mol. The minimum Gasteiger partial charge on any atom is -0.481 e. The second-order valence-corrected chi connectivity index (χ2v) is 10.6. The predicted octanol–water partition coefficient (Wildman–Crippen LogP) is 3.19. The highest BCUT2D eigenvalue weighted by Gasteiger charge is 2.45. The molecular formula is C29H35F3N4O4. The van der Waals surface area contributed by atoms with Gasteiger partial charge in [0.15, 0.2) is 0 Å². The first kappa shape index (κ1) is 29.5. The maximum atomic E-state index is 13.8. The Hall–Kier alpha value is -3.44. The molecule has 216 valence electrons. The van der Waals surface area contributed by atoms with Crippen LogP contribution < -0.4 is 11.1 Å². The number of alkyl halides is 3. The molecule has 0 radical (unpaired) electrons. The Kier molecular flexibility index (Phi) is 9.47. The fraction of sp³-hybridized carbons (Fsp3) is 0.483.